The van der Waals surface area contributed by atoms with Crippen molar-refractivity contribution in [2.75, 3.05) is 13.2 Å². The Labute approximate surface area is 228 Å². The minimum Gasteiger partial charge on any atom is -0.449 e. The third-order valence-corrected chi connectivity index (χ3v) is 7.98. The first-order valence-corrected chi connectivity index (χ1v) is 13.0. The van der Waals surface area contributed by atoms with E-state index in [1.807, 2.05) is 52.0 Å². The van der Waals surface area contributed by atoms with Gasteiger partial charge in [0, 0.05) is 17.5 Å². The largest absolute Gasteiger partial charge is 0.492 e. The number of ether oxygens (including phenoxy) is 1. The van der Waals surface area contributed by atoms with Crippen LogP contribution in [-0.2, 0) is 14.0 Å². The van der Waals surface area contributed by atoms with E-state index in [0.717, 1.165) is 22.3 Å². The molecule has 0 aromatic heterocycles. The van der Waals surface area contributed by atoms with Crippen molar-refractivity contribution in [1.29, 1.82) is 0 Å². The van der Waals surface area contributed by atoms with Crippen molar-refractivity contribution in [3.8, 4) is 11.1 Å². The molecule has 0 atom stereocenters. The van der Waals surface area contributed by atoms with Gasteiger partial charge in [0.05, 0.1) is 11.2 Å². The average molecular weight is 534 g/mol. The van der Waals surface area contributed by atoms with Crippen LogP contribution in [0.5, 0.6) is 0 Å². The highest BCUT2D eigenvalue weighted by molar-refractivity contribution is 6.56. The zero-order valence-corrected chi connectivity index (χ0v) is 22.6. The summed E-state index contributed by atoms with van der Waals surface area (Å²) < 4.78 is 32.0. The Hall–Kier alpha value is -3.13. The molecule has 1 amide bonds. The molecule has 5 nitrogen and oxygen atoms in total. The first-order valence-electron chi connectivity index (χ1n) is 12.7. The van der Waals surface area contributed by atoms with Gasteiger partial charge in [-0.1, -0.05) is 66.2 Å². The van der Waals surface area contributed by atoms with E-state index in [9.17, 15) is 9.18 Å². The Balaban J connectivity index is 1.31. The van der Waals surface area contributed by atoms with E-state index < -0.39 is 30.2 Å². The van der Waals surface area contributed by atoms with Crippen molar-refractivity contribution < 1.29 is 23.2 Å². The minimum absolute atomic E-state index is 0.0441. The molecule has 0 radical (unpaired) electrons. The Morgan fingerprint density at radius 3 is 2.18 bits per heavy atom. The summed E-state index contributed by atoms with van der Waals surface area (Å²) in [5.74, 6) is -0.462. The lowest BCUT2D eigenvalue weighted by atomic mass is 9.77. The Morgan fingerprint density at radius 1 is 1.00 bits per heavy atom. The predicted octanol–water partition coefficient (Wildman–Crippen LogP) is 7.03. The molecule has 1 aliphatic heterocycles. The monoisotopic (exact) mass is 533 g/mol. The number of rotatable bonds is 6. The van der Waals surface area contributed by atoms with Crippen LogP contribution >= 0.6 is 11.6 Å². The zero-order chi connectivity index (χ0) is 27.1. The third kappa shape index (κ3) is 5.11. The second-order valence-electron chi connectivity index (χ2n) is 10.7. The van der Waals surface area contributed by atoms with Crippen LogP contribution in [0.1, 0.15) is 50.3 Å². The standard InChI is InChI=1S/C30H30BClFNO4/c1-29(2)30(3,4)38-31(37-29)20(15-19-16-21(33)13-14-27(19)32)17-34-28(35)36-18-26-24-11-7-5-9-22(24)23-10-6-8-12-25(23)26/h5-16,26H,17-18H2,1-4H3,(H,34,35). The summed E-state index contributed by atoms with van der Waals surface area (Å²) in [5.41, 5.74) is 4.47. The van der Waals surface area contributed by atoms with Crippen LogP contribution in [0.4, 0.5) is 9.18 Å². The highest BCUT2D eigenvalue weighted by Gasteiger charge is 2.52. The first kappa shape index (κ1) is 26.5. The molecule has 8 heteroatoms. The lowest BCUT2D eigenvalue weighted by molar-refractivity contribution is 0.00578. The number of hydrogen-bond acceptors (Lipinski definition) is 4. The van der Waals surface area contributed by atoms with Gasteiger partial charge in [0.1, 0.15) is 12.4 Å². The maximum absolute atomic E-state index is 14.0. The maximum Gasteiger partial charge on any atom is 0.492 e. The molecule has 3 aromatic carbocycles. The normalized spacial score (nSPS) is 17.7. The number of benzene rings is 3. The fraction of sp³-hybridized carbons (Fsp3) is 0.300. The summed E-state index contributed by atoms with van der Waals surface area (Å²) in [5, 5.41) is 3.19. The molecule has 1 aliphatic carbocycles. The molecule has 2 aliphatic rings. The maximum atomic E-state index is 14.0. The van der Waals surface area contributed by atoms with Crippen molar-refractivity contribution in [1.82, 2.24) is 5.32 Å². The summed E-state index contributed by atoms with van der Waals surface area (Å²) in [6, 6.07) is 20.5. The van der Waals surface area contributed by atoms with Crippen molar-refractivity contribution in [2.45, 2.75) is 44.8 Å². The van der Waals surface area contributed by atoms with E-state index in [2.05, 4.69) is 29.6 Å². The quantitative estimate of drug-likeness (QED) is 0.346. The van der Waals surface area contributed by atoms with Crippen LogP contribution in [0.25, 0.3) is 17.2 Å². The molecular weight excluding hydrogens is 504 g/mol. The van der Waals surface area contributed by atoms with E-state index in [4.69, 9.17) is 25.6 Å². The van der Waals surface area contributed by atoms with Gasteiger partial charge in [0.25, 0.3) is 0 Å². The molecule has 1 fully saturated rings. The number of carbonyl (C=O) groups is 1. The number of fused-ring (bicyclic) bond motifs is 3. The molecule has 5 rings (SSSR count). The van der Waals surface area contributed by atoms with Gasteiger partial charge in [0.15, 0.2) is 0 Å². The van der Waals surface area contributed by atoms with Gasteiger partial charge in [-0.05, 0) is 79.2 Å². The van der Waals surface area contributed by atoms with Crippen LogP contribution < -0.4 is 5.32 Å². The zero-order valence-electron chi connectivity index (χ0n) is 21.9. The molecule has 3 aromatic rings. The number of halogens is 2. The van der Waals surface area contributed by atoms with Crippen LogP contribution in [0.3, 0.4) is 0 Å². The molecule has 1 saturated heterocycles. The van der Waals surface area contributed by atoms with Crippen molar-refractivity contribution in [2.24, 2.45) is 0 Å². The number of carbonyl (C=O) groups excluding carboxylic acids is 1. The molecule has 0 bridgehead atoms. The van der Waals surface area contributed by atoms with Crippen molar-refractivity contribution in [3.63, 3.8) is 0 Å². The SMILES string of the molecule is CC1(C)OB(C(=Cc2cc(F)ccc2Cl)CNC(=O)OCC2c3ccccc3-c3ccccc32)OC1(C)C. The van der Waals surface area contributed by atoms with Gasteiger partial charge in [0.2, 0.25) is 0 Å². The smallest absolute Gasteiger partial charge is 0.449 e. The van der Waals surface area contributed by atoms with Crippen LogP contribution in [0.15, 0.2) is 72.2 Å². The van der Waals surface area contributed by atoms with Gasteiger partial charge in [-0.25, -0.2) is 9.18 Å². The molecular formula is C30H30BClFNO4. The number of nitrogens with one attached hydrogen (secondary N) is 1. The highest BCUT2D eigenvalue weighted by atomic mass is 35.5. The molecule has 196 valence electrons. The third-order valence-electron chi connectivity index (χ3n) is 7.64. The average Bonchev–Trinajstić information content (AvgIpc) is 3.31. The molecule has 38 heavy (non-hydrogen) atoms. The van der Waals surface area contributed by atoms with Gasteiger partial charge in [-0.3, -0.25) is 0 Å². The van der Waals surface area contributed by atoms with Gasteiger partial charge in [-0.2, -0.15) is 0 Å². The van der Waals surface area contributed by atoms with Gasteiger partial charge in [-0.15, -0.1) is 0 Å². The second kappa shape index (κ2) is 10.2. The second-order valence-corrected chi connectivity index (χ2v) is 11.1. The topological polar surface area (TPSA) is 56.8 Å². The molecule has 0 saturated carbocycles. The summed E-state index contributed by atoms with van der Waals surface area (Å²) >= 11 is 6.32. The predicted molar refractivity (Wildman–Crippen MR) is 149 cm³/mol. The van der Waals surface area contributed by atoms with Gasteiger partial charge >= 0.3 is 13.2 Å². The van der Waals surface area contributed by atoms with E-state index in [-0.39, 0.29) is 19.1 Å². The van der Waals surface area contributed by atoms with E-state index >= 15 is 0 Å². The highest BCUT2D eigenvalue weighted by Crippen LogP contribution is 2.44. The minimum atomic E-state index is -0.756. The Bertz CT molecular complexity index is 1350. The lowest BCUT2D eigenvalue weighted by Gasteiger charge is -2.32. The van der Waals surface area contributed by atoms with Gasteiger partial charge < -0.3 is 19.4 Å². The number of alkyl carbamates (subject to hydrolysis) is 1. The Morgan fingerprint density at radius 2 is 1.58 bits per heavy atom. The summed E-state index contributed by atoms with van der Waals surface area (Å²) in [6.45, 7) is 8.04. The number of hydrogen-bond donors (Lipinski definition) is 1. The molecule has 0 spiro atoms. The lowest BCUT2D eigenvalue weighted by Crippen LogP contribution is -2.41. The first-order chi connectivity index (χ1) is 18.1. The Kier molecular flexibility index (Phi) is 7.12. The molecule has 1 heterocycles. The number of amides is 1. The summed E-state index contributed by atoms with van der Waals surface area (Å²) in [7, 11) is -0.756. The van der Waals surface area contributed by atoms with Crippen LogP contribution in [0, 0.1) is 5.82 Å². The fourth-order valence-corrected chi connectivity index (χ4v) is 5.02. The molecule has 0 unspecified atom stereocenters. The van der Waals surface area contributed by atoms with Crippen molar-refractivity contribution in [3.05, 3.63) is 99.7 Å². The van der Waals surface area contributed by atoms with Crippen LogP contribution in [0.2, 0.25) is 5.02 Å². The fourth-order valence-electron chi connectivity index (χ4n) is 4.85. The molecule has 1 N–H and O–H groups in total. The van der Waals surface area contributed by atoms with E-state index in [0.29, 0.717) is 16.1 Å². The summed E-state index contributed by atoms with van der Waals surface area (Å²) in [6.07, 6.45) is 1.12. The van der Waals surface area contributed by atoms with Crippen LogP contribution in [-0.4, -0.2) is 37.6 Å². The summed E-state index contributed by atoms with van der Waals surface area (Å²) in [4.78, 5) is 12.8. The van der Waals surface area contributed by atoms with E-state index in [1.165, 1.54) is 18.2 Å². The van der Waals surface area contributed by atoms with E-state index in [1.54, 1.807) is 6.08 Å². The van der Waals surface area contributed by atoms with Crippen molar-refractivity contribution >= 4 is 30.9 Å².